The van der Waals surface area contributed by atoms with E-state index in [0.29, 0.717) is 59.5 Å². The topological polar surface area (TPSA) is 79.0 Å². The molecule has 0 radical (unpaired) electrons. The summed E-state index contributed by atoms with van der Waals surface area (Å²) in [6.07, 6.45) is 0. The highest BCUT2D eigenvalue weighted by Gasteiger charge is 2.42. The van der Waals surface area contributed by atoms with Crippen LogP contribution >= 0.6 is 11.6 Å². The second-order valence-corrected chi connectivity index (χ2v) is 7.44. The second kappa shape index (κ2) is 8.30. The van der Waals surface area contributed by atoms with Crippen LogP contribution in [0.15, 0.2) is 54.2 Å². The molecule has 0 aromatic heterocycles. The van der Waals surface area contributed by atoms with Gasteiger partial charge in [-0.05, 0) is 42.0 Å². The molecule has 30 heavy (non-hydrogen) atoms. The Bertz CT molecular complexity index is 1030. The Labute approximate surface area is 178 Å². The van der Waals surface area contributed by atoms with Gasteiger partial charge in [-0.1, -0.05) is 23.7 Å². The minimum absolute atomic E-state index is 0.197. The van der Waals surface area contributed by atoms with Crippen molar-refractivity contribution in [3.8, 4) is 0 Å². The molecular formula is C22H20ClN3O4. The van der Waals surface area contributed by atoms with Crippen molar-refractivity contribution >= 4 is 46.3 Å². The predicted molar refractivity (Wildman–Crippen MR) is 114 cm³/mol. The lowest BCUT2D eigenvalue weighted by Gasteiger charge is -2.29. The number of amides is 3. The highest BCUT2D eigenvalue weighted by Crippen LogP contribution is 2.35. The normalized spacial score (nSPS) is 17.0. The number of benzene rings is 2. The zero-order valence-corrected chi connectivity index (χ0v) is 17.1. The summed E-state index contributed by atoms with van der Waals surface area (Å²) in [5, 5.41) is 3.22. The second-order valence-electron chi connectivity index (χ2n) is 7.00. The van der Waals surface area contributed by atoms with Crippen LogP contribution in [0.25, 0.3) is 5.57 Å². The molecule has 2 aromatic carbocycles. The molecule has 1 N–H and O–H groups in total. The van der Waals surface area contributed by atoms with Crippen LogP contribution in [0.4, 0.5) is 11.4 Å². The molecule has 4 rings (SSSR count). The van der Waals surface area contributed by atoms with Crippen molar-refractivity contribution in [1.29, 1.82) is 0 Å². The molecule has 0 aliphatic carbocycles. The lowest BCUT2D eigenvalue weighted by atomic mass is 10.0. The Morgan fingerprint density at radius 3 is 2.20 bits per heavy atom. The molecule has 1 saturated heterocycles. The highest BCUT2D eigenvalue weighted by molar-refractivity contribution is 6.45. The number of halogens is 1. The summed E-state index contributed by atoms with van der Waals surface area (Å²) in [7, 11) is 0. The summed E-state index contributed by atoms with van der Waals surface area (Å²) >= 11 is 6.01. The van der Waals surface area contributed by atoms with E-state index < -0.39 is 5.91 Å². The fraction of sp³-hybridized carbons (Fsp3) is 0.227. The number of carbonyl (C=O) groups excluding carboxylic acids is 3. The Morgan fingerprint density at radius 2 is 1.60 bits per heavy atom. The monoisotopic (exact) mass is 425 g/mol. The quantitative estimate of drug-likeness (QED) is 0.762. The zero-order chi connectivity index (χ0) is 21.3. The van der Waals surface area contributed by atoms with E-state index in [9.17, 15) is 14.4 Å². The molecule has 2 aliphatic rings. The molecule has 0 saturated carbocycles. The lowest BCUT2D eigenvalue weighted by molar-refractivity contribution is -0.121. The minimum Gasteiger partial charge on any atom is -0.378 e. The molecule has 1 fully saturated rings. The number of anilines is 2. The highest BCUT2D eigenvalue weighted by atomic mass is 35.5. The van der Waals surface area contributed by atoms with Gasteiger partial charge in [0.2, 0.25) is 5.91 Å². The van der Waals surface area contributed by atoms with Gasteiger partial charge in [-0.25, -0.2) is 4.90 Å². The van der Waals surface area contributed by atoms with Gasteiger partial charge in [0, 0.05) is 30.7 Å². The number of nitrogens with zero attached hydrogens (tertiary/aromatic N) is 2. The third kappa shape index (κ3) is 3.81. The van der Waals surface area contributed by atoms with E-state index in [0.717, 1.165) is 0 Å². The molecule has 2 heterocycles. The average molecular weight is 426 g/mol. The van der Waals surface area contributed by atoms with Gasteiger partial charge in [-0.3, -0.25) is 14.4 Å². The fourth-order valence-electron chi connectivity index (χ4n) is 3.61. The smallest absolute Gasteiger partial charge is 0.282 e. The van der Waals surface area contributed by atoms with Gasteiger partial charge in [0.05, 0.1) is 24.5 Å². The van der Waals surface area contributed by atoms with Gasteiger partial charge >= 0.3 is 0 Å². The average Bonchev–Trinajstić information content (AvgIpc) is 3.00. The first-order chi connectivity index (χ1) is 14.5. The van der Waals surface area contributed by atoms with E-state index in [1.807, 2.05) is 4.90 Å². The number of morpholine rings is 1. The summed E-state index contributed by atoms with van der Waals surface area (Å²) in [6.45, 7) is 3.45. The fourth-order valence-corrected chi connectivity index (χ4v) is 3.73. The van der Waals surface area contributed by atoms with Crippen molar-refractivity contribution < 1.29 is 19.1 Å². The van der Waals surface area contributed by atoms with Crippen LogP contribution in [0.2, 0.25) is 5.02 Å². The van der Waals surface area contributed by atoms with Crippen LogP contribution in [0, 0.1) is 0 Å². The van der Waals surface area contributed by atoms with E-state index in [1.165, 1.54) is 11.8 Å². The van der Waals surface area contributed by atoms with Crippen LogP contribution < -0.4 is 10.2 Å². The number of hydrogen-bond acceptors (Lipinski definition) is 5. The molecule has 0 atom stereocenters. The van der Waals surface area contributed by atoms with Crippen molar-refractivity contribution in [3.05, 3.63) is 64.8 Å². The van der Waals surface area contributed by atoms with Gasteiger partial charge in [0.15, 0.2) is 0 Å². The molecule has 0 bridgehead atoms. The molecule has 0 unspecified atom stereocenters. The third-order valence-electron chi connectivity index (χ3n) is 4.97. The number of imide groups is 1. The van der Waals surface area contributed by atoms with Crippen LogP contribution in [0.5, 0.6) is 0 Å². The van der Waals surface area contributed by atoms with E-state index in [2.05, 4.69) is 5.32 Å². The lowest BCUT2D eigenvalue weighted by Crippen LogP contribution is -2.40. The molecule has 7 nitrogen and oxygen atoms in total. The number of ether oxygens (including phenoxy) is 1. The molecule has 8 heteroatoms. The van der Waals surface area contributed by atoms with Gasteiger partial charge in [-0.2, -0.15) is 0 Å². The predicted octanol–water partition coefficient (Wildman–Crippen LogP) is 2.92. The van der Waals surface area contributed by atoms with Gasteiger partial charge in [-0.15, -0.1) is 0 Å². The Morgan fingerprint density at radius 1 is 0.967 bits per heavy atom. The maximum Gasteiger partial charge on any atom is 0.282 e. The van der Waals surface area contributed by atoms with Crippen molar-refractivity contribution in [2.24, 2.45) is 0 Å². The number of carbonyl (C=O) groups is 3. The Hall–Kier alpha value is -3.16. The third-order valence-corrected chi connectivity index (χ3v) is 5.22. The van der Waals surface area contributed by atoms with Crippen LogP contribution in [-0.4, -0.2) is 48.9 Å². The van der Waals surface area contributed by atoms with Gasteiger partial charge < -0.3 is 15.0 Å². The summed E-state index contributed by atoms with van der Waals surface area (Å²) in [5.41, 5.74) is 2.39. The number of rotatable bonds is 4. The van der Waals surface area contributed by atoms with E-state index >= 15 is 0 Å². The Balaban J connectivity index is 1.74. The van der Waals surface area contributed by atoms with E-state index in [4.69, 9.17) is 16.3 Å². The van der Waals surface area contributed by atoms with Crippen LogP contribution in [-0.2, 0) is 19.1 Å². The maximum atomic E-state index is 13.4. The molecular weight excluding hydrogens is 406 g/mol. The van der Waals surface area contributed by atoms with Crippen LogP contribution in [0.1, 0.15) is 12.5 Å². The van der Waals surface area contributed by atoms with Crippen molar-refractivity contribution in [1.82, 2.24) is 4.90 Å². The first-order valence-corrected chi connectivity index (χ1v) is 9.93. The standard InChI is InChI=1S/C22H20ClN3O4/c1-14(27)24-17-6-8-18(9-7-17)26-21(28)19(15-2-4-16(23)5-3-15)20(22(26)29)25-10-12-30-13-11-25/h2-9H,10-13H2,1H3,(H,24,27). The number of nitrogens with one attached hydrogen (secondary N) is 1. The molecule has 3 amide bonds. The molecule has 2 aromatic rings. The van der Waals surface area contributed by atoms with E-state index in [1.54, 1.807) is 48.5 Å². The summed E-state index contributed by atoms with van der Waals surface area (Å²) in [4.78, 5) is 41.1. The molecule has 0 spiro atoms. The minimum atomic E-state index is -0.393. The summed E-state index contributed by atoms with van der Waals surface area (Å²) in [6, 6.07) is 13.5. The van der Waals surface area contributed by atoms with Crippen LogP contribution in [0.3, 0.4) is 0 Å². The Kier molecular flexibility index (Phi) is 5.57. The summed E-state index contributed by atoms with van der Waals surface area (Å²) < 4.78 is 5.41. The largest absolute Gasteiger partial charge is 0.378 e. The zero-order valence-electron chi connectivity index (χ0n) is 16.4. The van der Waals surface area contributed by atoms with Gasteiger partial charge in [0.1, 0.15) is 5.70 Å². The van der Waals surface area contributed by atoms with Gasteiger partial charge in [0.25, 0.3) is 11.8 Å². The SMILES string of the molecule is CC(=O)Nc1ccc(N2C(=O)C(c3ccc(Cl)cc3)=C(N3CCOCC3)C2=O)cc1. The van der Waals surface area contributed by atoms with E-state index in [-0.39, 0.29) is 11.8 Å². The first kappa shape index (κ1) is 20.1. The summed E-state index contributed by atoms with van der Waals surface area (Å²) in [5.74, 6) is -0.965. The molecule has 2 aliphatic heterocycles. The molecule has 154 valence electrons. The first-order valence-electron chi connectivity index (χ1n) is 9.55. The number of hydrogen-bond donors (Lipinski definition) is 1. The maximum absolute atomic E-state index is 13.4. The van der Waals surface area contributed by atoms with Crippen molar-refractivity contribution in [2.45, 2.75) is 6.92 Å². The van der Waals surface area contributed by atoms with Crippen molar-refractivity contribution in [2.75, 3.05) is 36.5 Å². The van der Waals surface area contributed by atoms with Crippen molar-refractivity contribution in [3.63, 3.8) is 0 Å².